The lowest BCUT2D eigenvalue weighted by atomic mass is 10.2. The van der Waals surface area contributed by atoms with Gasteiger partial charge in [-0.05, 0) is 30.2 Å². The Morgan fingerprint density at radius 1 is 1.10 bits per heavy atom. The van der Waals surface area contributed by atoms with E-state index in [9.17, 15) is 8.42 Å². The van der Waals surface area contributed by atoms with Crippen LogP contribution in [-0.4, -0.2) is 19.3 Å². The first-order valence-electron chi connectivity index (χ1n) is 6.75. The average molecular weight is 368 g/mol. The van der Waals surface area contributed by atoms with Crippen LogP contribution in [0.5, 0.6) is 0 Å². The molecule has 0 aromatic heterocycles. The topological polar surface area (TPSA) is 37.4 Å². The Hall–Kier alpha value is -1.17. The number of hydrogen-bond acceptors (Lipinski definition) is 2. The SMILES string of the molecule is CCN(Cc1ccccc1)S(=O)(=O)c1cc(Br)ccc1C. The molecule has 0 heterocycles. The third kappa shape index (κ3) is 3.73. The van der Waals surface area contributed by atoms with E-state index in [2.05, 4.69) is 15.9 Å². The molecule has 3 nitrogen and oxygen atoms in total. The Morgan fingerprint density at radius 2 is 1.76 bits per heavy atom. The first kappa shape index (κ1) is 16.2. The monoisotopic (exact) mass is 367 g/mol. The second-order valence-corrected chi connectivity index (χ2v) is 7.65. The average Bonchev–Trinajstić information content (AvgIpc) is 2.48. The molecule has 0 aliphatic carbocycles. The maximum absolute atomic E-state index is 12.8. The van der Waals surface area contributed by atoms with Crippen LogP contribution in [0, 0.1) is 6.92 Å². The number of sulfonamides is 1. The van der Waals surface area contributed by atoms with Crippen molar-refractivity contribution in [2.75, 3.05) is 6.54 Å². The molecule has 0 bridgehead atoms. The zero-order valence-electron chi connectivity index (χ0n) is 12.1. The summed E-state index contributed by atoms with van der Waals surface area (Å²) >= 11 is 3.34. The largest absolute Gasteiger partial charge is 0.243 e. The normalized spacial score (nSPS) is 11.8. The smallest absolute Gasteiger partial charge is 0.207 e. The van der Waals surface area contributed by atoms with Crippen LogP contribution >= 0.6 is 15.9 Å². The summed E-state index contributed by atoms with van der Waals surface area (Å²) in [4.78, 5) is 0.356. The highest BCUT2D eigenvalue weighted by atomic mass is 79.9. The van der Waals surface area contributed by atoms with Crippen molar-refractivity contribution < 1.29 is 8.42 Å². The molecule has 2 rings (SSSR count). The van der Waals surface area contributed by atoms with Crippen LogP contribution in [0.15, 0.2) is 57.9 Å². The molecule has 0 aliphatic rings. The molecule has 2 aromatic rings. The van der Waals surface area contributed by atoms with Crippen LogP contribution in [0.3, 0.4) is 0 Å². The van der Waals surface area contributed by atoms with E-state index in [0.29, 0.717) is 18.0 Å². The Morgan fingerprint density at radius 3 is 2.38 bits per heavy atom. The fourth-order valence-corrected chi connectivity index (χ4v) is 4.35. The van der Waals surface area contributed by atoms with Crippen molar-refractivity contribution >= 4 is 26.0 Å². The van der Waals surface area contributed by atoms with Crippen LogP contribution in [0.25, 0.3) is 0 Å². The molecule has 0 radical (unpaired) electrons. The molecule has 112 valence electrons. The van der Waals surface area contributed by atoms with E-state index in [-0.39, 0.29) is 0 Å². The predicted octanol–water partition coefficient (Wildman–Crippen LogP) is 3.97. The maximum atomic E-state index is 12.8. The third-order valence-electron chi connectivity index (χ3n) is 3.32. The lowest BCUT2D eigenvalue weighted by molar-refractivity contribution is 0.423. The van der Waals surface area contributed by atoms with Crippen molar-refractivity contribution in [3.05, 3.63) is 64.1 Å². The number of benzene rings is 2. The molecule has 0 saturated heterocycles. The molecule has 2 aromatic carbocycles. The van der Waals surface area contributed by atoms with Crippen molar-refractivity contribution in [1.29, 1.82) is 0 Å². The van der Waals surface area contributed by atoms with E-state index >= 15 is 0 Å². The van der Waals surface area contributed by atoms with Crippen molar-refractivity contribution in [3.8, 4) is 0 Å². The van der Waals surface area contributed by atoms with E-state index in [1.54, 1.807) is 6.07 Å². The van der Waals surface area contributed by atoms with Crippen LogP contribution < -0.4 is 0 Å². The van der Waals surface area contributed by atoms with Gasteiger partial charge in [-0.15, -0.1) is 0 Å². The van der Waals surface area contributed by atoms with E-state index in [1.807, 2.05) is 56.3 Å². The minimum atomic E-state index is -3.50. The molecular weight excluding hydrogens is 350 g/mol. The standard InChI is InChI=1S/C16H18BrNO2S/c1-3-18(12-14-7-5-4-6-8-14)21(19,20)16-11-15(17)10-9-13(16)2/h4-11H,3,12H2,1-2H3. The number of hydrogen-bond donors (Lipinski definition) is 0. The lowest BCUT2D eigenvalue weighted by Crippen LogP contribution is -2.31. The second kappa shape index (κ2) is 6.73. The number of rotatable bonds is 5. The minimum Gasteiger partial charge on any atom is -0.207 e. The summed E-state index contributed by atoms with van der Waals surface area (Å²) in [6.07, 6.45) is 0. The summed E-state index contributed by atoms with van der Waals surface area (Å²) in [7, 11) is -3.50. The van der Waals surface area contributed by atoms with Gasteiger partial charge in [-0.2, -0.15) is 4.31 Å². The summed E-state index contributed by atoms with van der Waals surface area (Å²) in [5.74, 6) is 0. The molecule has 0 atom stereocenters. The van der Waals surface area contributed by atoms with Crippen LogP contribution in [0.1, 0.15) is 18.1 Å². The number of halogens is 1. The lowest BCUT2D eigenvalue weighted by Gasteiger charge is -2.22. The zero-order chi connectivity index (χ0) is 15.5. The van der Waals surface area contributed by atoms with Crippen LogP contribution in [-0.2, 0) is 16.6 Å². The fraction of sp³-hybridized carbons (Fsp3) is 0.250. The van der Waals surface area contributed by atoms with E-state index in [4.69, 9.17) is 0 Å². The van der Waals surface area contributed by atoms with Crippen molar-refractivity contribution in [1.82, 2.24) is 4.31 Å². The summed E-state index contributed by atoms with van der Waals surface area (Å²) in [5, 5.41) is 0. The molecule has 0 fully saturated rings. The first-order chi connectivity index (χ1) is 9.95. The van der Waals surface area contributed by atoms with Gasteiger partial charge in [0.05, 0.1) is 4.90 Å². The number of aryl methyl sites for hydroxylation is 1. The molecule has 0 spiro atoms. The van der Waals surface area contributed by atoms with Gasteiger partial charge in [-0.25, -0.2) is 8.42 Å². The second-order valence-electron chi connectivity index (χ2n) is 4.83. The summed E-state index contributed by atoms with van der Waals surface area (Å²) in [5.41, 5.74) is 1.74. The minimum absolute atomic E-state index is 0.356. The highest BCUT2D eigenvalue weighted by Crippen LogP contribution is 2.24. The van der Waals surface area contributed by atoms with E-state index < -0.39 is 10.0 Å². The third-order valence-corrected chi connectivity index (χ3v) is 5.88. The first-order valence-corrected chi connectivity index (χ1v) is 8.98. The van der Waals surface area contributed by atoms with Gasteiger partial charge in [0, 0.05) is 17.6 Å². The van der Waals surface area contributed by atoms with Crippen LogP contribution in [0.2, 0.25) is 0 Å². The van der Waals surface area contributed by atoms with Gasteiger partial charge in [0.15, 0.2) is 0 Å². The molecule has 5 heteroatoms. The predicted molar refractivity (Wildman–Crippen MR) is 88.6 cm³/mol. The van der Waals surface area contributed by atoms with Gasteiger partial charge < -0.3 is 0 Å². The highest BCUT2D eigenvalue weighted by Gasteiger charge is 2.25. The Balaban J connectivity index is 2.38. The Labute approximate surface area is 134 Å². The Bertz CT molecular complexity index is 714. The maximum Gasteiger partial charge on any atom is 0.243 e. The van der Waals surface area contributed by atoms with Gasteiger partial charge in [0.1, 0.15) is 0 Å². The summed E-state index contributed by atoms with van der Waals surface area (Å²) in [6.45, 7) is 4.48. The quantitative estimate of drug-likeness (QED) is 0.801. The molecule has 0 aliphatic heterocycles. The Kier molecular flexibility index (Phi) is 5.19. The zero-order valence-corrected chi connectivity index (χ0v) is 14.5. The van der Waals surface area contributed by atoms with Crippen LogP contribution in [0.4, 0.5) is 0 Å². The van der Waals surface area contributed by atoms with Gasteiger partial charge in [-0.3, -0.25) is 0 Å². The van der Waals surface area contributed by atoms with E-state index in [0.717, 1.165) is 15.6 Å². The van der Waals surface area contributed by atoms with Gasteiger partial charge in [-0.1, -0.05) is 59.3 Å². The molecule has 21 heavy (non-hydrogen) atoms. The fourth-order valence-electron chi connectivity index (χ4n) is 2.14. The van der Waals surface area contributed by atoms with E-state index in [1.165, 1.54) is 4.31 Å². The number of nitrogens with zero attached hydrogens (tertiary/aromatic N) is 1. The summed E-state index contributed by atoms with van der Waals surface area (Å²) in [6, 6.07) is 15.0. The van der Waals surface area contributed by atoms with Crippen molar-refractivity contribution in [2.24, 2.45) is 0 Å². The molecule has 0 saturated carbocycles. The summed E-state index contributed by atoms with van der Waals surface area (Å²) < 4.78 is 28.0. The van der Waals surface area contributed by atoms with Gasteiger partial charge in [0.2, 0.25) is 10.0 Å². The van der Waals surface area contributed by atoms with Crippen molar-refractivity contribution in [2.45, 2.75) is 25.3 Å². The molecule has 0 amide bonds. The molecule has 0 N–H and O–H groups in total. The molecule has 0 unspecified atom stereocenters. The van der Waals surface area contributed by atoms with Gasteiger partial charge in [0.25, 0.3) is 0 Å². The highest BCUT2D eigenvalue weighted by molar-refractivity contribution is 9.10. The van der Waals surface area contributed by atoms with Crippen molar-refractivity contribution in [3.63, 3.8) is 0 Å². The molecular formula is C16H18BrNO2S. The van der Waals surface area contributed by atoms with Gasteiger partial charge >= 0.3 is 0 Å².